The molecule has 5 rings (SSSR count). The predicted molar refractivity (Wildman–Crippen MR) is 179 cm³/mol. The molecule has 0 fully saturated rings. The van der Waals surface area contributed by atoms with Crippen LogP contribution in [0.25, 0.3) is 0 Å². The highest BCUT2D eigenvalue weighted by atomic mass is 16.4. The van der Waals surface area contributed by atoms with Crippen LogP contribution in [0.2, 0.25) is 0 Å². The van der Waals surface area contributed by atoms with E-state index in [4.69, 9.17) is 17.7 Å². The van der Waals surface area contributed by atoms with Gasteiger partial charge in [-0.25, -0.2) is 0 Å². The highest BCUT2D eigenvalue weighted by Crippen LogP contribution is 2.51. The van der Waals surface area contributed by atoms with Gasteiger partial charge in [0.1, 0.15) is 46.1 Å². The summed E-state index contributed by atoms with van der Waals surface area (Å²) in [6, 6.07) is 17.8. The van der Waals surface area contributed by atoms with Gasteiger partial charge in [-0.3, -0.25) is 0 Å². The summed E-state index contributed by atoms with van der Waals surface area (Å²) in [6.45, 7) is 18.1. The Morgan fingerprint density at radius 2 is 0.477 bits per heavy atom. The van der Waals surface area contributed by atoms with Crippen molar-refractivity contribution in [2.24, 2.45) is 0 Å². The third-order valence-electron chi connectivity index (χ3n) is 11.3. The highest BCUT2D eigenvalue weighted by Gasteiger charge is 2.47. The summed E-state index contributed by atoms with van der Waals surface area (Å²) in [7, 11) is 0. The second kappa shape index (κ2) is 12.9. The molecule has 4 heteroatoms. The number of furan rings is 4. The minimum absolute atomic E-state index is 0.346. The van der Waals surface area contributed by atoms with Crippen molar-refractivity contribution in [2.45, 2.75) is 154 Å². The molecule has 8 bridgehead atoms. The second-order valence-electron chi connectivity index (χ2n) is 13.4. The van der Waals surface area contributed by atoms with E-state index in [-0.39, 0.29) is 21.7 Å². The van der Waals surface area contributed by atoms with Crippen LogP contribution in [0.5, 0.6) is 0 Å². The van der Waals surface area contributed by atoms with Crippen LogP contribution in [0.3, 0.4) is 0 Å². The maximum Gasteiger partial charge on any atom is 0.117 e. The standard InChI is InChI=1S/C40H56O4/c1-9-25-37(13-5)29-17-19-31(41-29)38(14-6,26-10-2)33-21-23-35(43-33)40(16-8,28-12-4)36-24-22-34(44-36)39(15-7,27-11-3)32-20-18-30(37)42-32/h17-24H,9-16,25-28H2,1-8H3. The Morgan fingerprint density at radius 1 is 0.318 bits per heavy atom. The van der Waals surface area contributed by atoms with Gasteiger partial charge in [0, 0.05) is 0 Å². The molecule has 0 N–H and O–H groups in total. The van der Waals surface area contributed by atoms with Crippen molar-refractivity contribution >= 4 is 0 Å². The van der Waals surface area contributed by atoms with E-state index >= 15 is 0 Å². The van der Waals surface area contributed by atoms with Gasteiger partial charge in [0.2, 0.25) is 0 Å². The Kier molecular flexibility index (Phi) is 9.50. The molecular formula is C40H56O4. The molecule has 5 heterocycles. The van der Waals surface area contributed by atoms with Gasteiger partial charge in [-0.2, -0.15) is 0 Å². The first kappa shape index (κ1) is 32.5. The SMILES string of the molecule is CCCC1(CC)c2ccc(o2)C(CC)(CCC)c2ccc(o2)C(CC)(CCC)c2ccc(o2)C(CC)(CCC)c2ccc1o2. The van der Waals surface area contributed by atoms with Crippen LogP contribution < -0.4 is 0 Å². The molecule has 0 saturated carbocycles. The summed E-state index contributed by atoms with van der Waals surface area (Å²) < 4.78 is 28.3. The van der Waals surface area contributed by atoms with Gasteiger partial charge >= 0.3 is 0 Å². The summed E-state index contributed by atoms with van der Waals surface area (Å²) >= 11 is 0. The Morgan fingerprint density at radius 3 is 0.591 bits per heavy atom. The summed E-state index contributed by atoms with van der Waals surface area (Å²) in [5.41, 5.74) is -1.39. The third kappa shape index (κ3) is 4.77. The number of hydrogen-bond donors (Lipinski definition) is 0. The molecule has 4 aromatic heterocycles. The van der Waals surface area contributed by atoms with Crippen molar-refractivity contribution in [1.29, 1.82) is 0 Å². The molecule has 4 nitrogen and oxygen atoms in total. The Labute approximate surface area is 266 Å². The average Bonchev–Trinajstić information content (AvgIpc) is 3.87. The molecule has 0 saturated heterocycles. The molecule has 0 unspecified atom stereocenters. The fourth-order valence-electron chi connectivity index (χ4n) is 8.69. The van der Waals surface area contributed by atoms with Crippen LogP contribution >= 0.6 is 0 Å². The van der Waals surface area contributed by atoms with Gasteiger partial charge in [-0.1, -0.05) is 81.1 Å². The van der Waals surface area contributed by atoms with E-state index in [1.165, 1.54) is 0 Å². The van der Waals surface area contributed by atoms with E-state index in [1.807, 2.05) is 0 Å². The summed E-state index contributed by atoms with van der Waals surface area (Å²) in [5.74, 6) is 7.98. The predicted octanol–water partition coefficient (Wildman–Crippen LogP) is 12.4. The zero-order valence-electron chi connectivity index (χ0n) is 28.7. The molecule has 0 atom stereocenters. The van der Waals surface area contributed by atoms with Gasteiger partial charge in [-0.05, 0) is 99.9 Å². The lowest BCUT2D eigenvalue weighted by Gasteiger charge is -2.33. The van der Waals surface area contributed by atoms with E-state index in [9.17, 15) is 0 Å². The van der Waals surface area contributed by atoms with Crippen molar-refractivity contribution in [2.75, 3.05) is 0 Å². The van der Waals surface area contributed by atoms with E-state index in [1.54, 1.807) is 0 Å². The number of fused-ring (bicyclic) bond motifs is 8. The monoisotopic (exact) mass is 600 g/mol. The highest BCUT2D eigenvalue weighted by molar-refractivity contribution is 5.40. The first-order chi connectivity index (χ1) is 21.3. The molecule has 1 aliphatic heterocycles. The largest absolute Gasteiger partial charge is 0.464 e. The molecule has 0 radical (unpaired) electrons. The van der Waals surface area contributed by atoms with E-state index in [0.29, 0.717) is 0 Å². The molecule has 44 heavy (non-hydrogen) atoms. The van der Waals surface area contributed by atoms with Gasteiger partial charge in [0.15, 0.2) is 0 Å². The van der Waals surface area contributed by atoms with Crippen molar-refractivity contribution in [1.82, 2.24) is 0 Å². The van der Waals surface area contributed by atoms with Crippen molar-refractivity contribution in [3.63, 3.8) is 0 Å². The molecular weight excluding hydrogens is 544 g/mol. The summed E-state index contributed by atoms with van der Waals surface area (Å²) in [5, 5.41) is 0. The fourth-order valence-corrected chi connectivity index (χ4v) is 8.69. The fraction of sp³-hybridized carbons (Fsp3) is 0.600. The van der Waals surface area contributed by atoms with Crippen molar-refractivity contribution in [3.05, 3.63) is 94.6 Å². The Bertz CT molecular complexity index is 1190. The third-order valence-corrected chi connectivity index (χ3v) is 11.3. The number of rotatable bonds is 12. The van der Waals surface area contributed by atoms with Crippen LogP contribution in [-0.2, 0) is 21.7 Å². The maximum atomic E-state index is 7.08. The summed E-state index contributed by atoms with van der Waals surface area (Å²) in [4.78, 5) is 0. The average molecular weight is 601 g/mol. The van der Waals surface area contributed by atoms with Gasteiger partial charge in [0.25, 0.3) is 0 Å². The molecule has 0 aromatic carbocycles. The van der Waals surface area contributed by atoms with Crippen LogP contribution in [0.1, 0.15) is 179 Å². The zero-order chi connectivity index (χ0) is 31.6. The first-order valence-corrected chi connectivity index (χ1v) is 17.8. The topological polar surface area (TPSA) is 52.6 Å². The van der Waals surface area contributed by atoms with E-state index < -0.39 is 0 Å². The first-order valence-electron chi connectivity index (χ1n) is 17.8. The minimum atomic E-state index is -0.346. The van der Waals surface area contributed by atoms with Crippen LogP contribution in [0.4, 0.5) is 0 Å². The quantitative estimate of drug-likeness (QED) is 0.162. The molecule has 0 spiro atoms. The van der Waals surface area contributed by atoms with E-state index in [0.717, 1.165) is 123 Å². The lowest BCUT2D eigenvalue weighted by Crippen LogP contribution is -2.29. The van der Waals surface area contributed by atoms with Gasteiger partial charge in [0.05, 0.1) is 21.7 Å². The van der Waals surface area contributed by atoms with Crippen molar-refractivity contribution in [3.8, 4) is 0 Å². The summed E-state index contributed by atoms with van der Waals surface area (Å²) in [6.07, 6.45) is 11.5. The molecule has 4 aromatic rings. The Hall–Kier alpha value is -2.88. The van der Waals surface area contributed by atoms with Crippen molar-refractivity contribution < 1.29 is 17.7 Å². The minimum Gasteiger partial charge on any atom is -0.464 e. The van der Waals surface area contributed by atoms with Gasteiger partial charge < -0.3 is 17.7 Å². The lowest BCUT2D eigenvalue weighted by atomic mass is 9.76. The maximum absolute atomic E-state index is 7.08. The molecule has 240 valence electrons. The zero-order valence-corrected chi connectivity index (χ0v) is 28.7. The van der Waals surface area contributed by atoms with E-state index in [2.05, 4.69) is 104 Å². The smallest absolute Gasteiger partial charge is 0.117 e. The Balaban J connectivity index is 1.87. The lowest BCUT2D eigenvalue weighted by molar-refractivity contribution is 0.213. The van der Waals surface area contributed by atoms with Gasteiger partial charge in [-0.15, -0.1) is 0 Å². The van der Waals surface area contributed by atoms with Crippen LogP contribution in [0.15, 0.2) is 66.2 Å². The molecule has 1 aliphatic rings. The normalized spacial score (nSPS) is 26.7. The number of hydrogen-bond acceptors (Lipinski definition) is 4. The second-order valence-corrected chi connectivity index (χ2v) is 13.4. The molecule has 0 amide bonds. The molecule has 0 aliphatic carbocycles. The van der Waals surface area contributed by atoms with Crippen LogP contribution in [-0.4, -0.2) is 0 Å². The van der Waals surface area contributed by atoms with Crippen LogP contribution in [0, 0.1) is 0 Å².